The summed E-state index contributed by atoms with van der Waals surface area (Å²) < 4.78 is 38.9. The molecule has 4 heterocycles. The monoisotopic (exact) mass is 488 g/mol. The van der Waals surface area contributed by atoms with Crippen molar-refractivity contribution in [3.8, 4) is 5.95 Å². The van der Waals surface area contributed by atoms with Crippen LogP contribution in [0.25, 0.3) is 16.9 Å². The van der Waals surface area contributed by atoms with Crippen molar-refractivity contribution in [3.05, 3.63) is 35.6 Å². The smallest absolute Gasteiger partial charge is 0.410 e. The molecule has 2 aliphatic heterocycles. The van der Waals surface area contributed by atoms with Crippen molar-refractivity contribution in [2.75, 3.05) is 39.5 Å². The second kappa shape index (κ2) is 10.3. The fourth-order valence-electron chi connectivity index (χ4n) is 5.21. The number of carbonyl (C=O) groups excluding carboxylic acids is 1. The van der Waals surface area contributed by atoms with Crippen LogP contribution < -0.4 is 0 Å². The Bertz CT molecular complexity index is 1170. The Balaban J connectivity index is 1.22. The average Bonchev–Trinajstić information content (AvgIpc) is 3.62. The zero-order valence-corrected chi connectivity index (χ0v) is 19.8. The molecule has 1 atom stereocenters. The Morgan fingerprint density at radius 1 is 1.23 bits per heavy atom. The number of benzene rings is 1. The van der Waals surface area contributed by atoms with Crippen molar-refractivity contribution in [1.82, 2.24) is 29.7 Å². The number of para-hydroxylation sites is 1. The molecule has 11 heteroatoms. The SMILES string of the molecule is CCc1nn(-c2noc(C3CCN(C[C@@H]4CCCN4C(=O)OCCF)CC3)n2)c2c(F)cccc12. The van der Waals surface area contributed by atoms with Crippen LogP contribution in [0.4, 0.5) is 13.6 Å². The van der Waals surface area contributed by atoms with Crippen molar-refractivity contribution < 1.29 is 22.8 Å². The van der Waals surface area contributed by atoms with Gasteiger partial charge in [-0.15, -0.1) is 0 Å². The number of fused-ring (bicyclic) bond motifs is 1. The minimum absolute atomic E-state index is 0.0874. The van der Waals surface area contributed by atoms with E-state index < -0.39 is 12.8 Å². The first kappa shape index (κ1) is 23.7. The summed E-state index contributed by atoms with van der Waals surface area (Å²) in [6.45, 7) is 4.21. The molecule has 2 saturated heterocycles. The standard InChI is InChI=1S/C24H30F2N6O3/c1-2-20-18-6-3-7-19(26)21(18)32(28-20)23-27-22(35-29-23)16-8-12-30(13-9-16)15-17-5-4-11-31(17)24(33)34-14-10-25/h3,6-7,16-17H,2,4-5,8-15H2,1H3/t17-/m0/s1. The molecule has 2 aromatic heterocycles. The van der Waals surface area contributed by atoms with E-state index in [9.17, 15) is 13.6 Å². The molecule has 0 spiro atoms. The van der Waals surface area contributed by atoms with E-state index in [-0.39, 0.29) is 30.3 Å². The van der Waals surface area contributed by atoms with Crippen LogP contribution in [-0.2, 0) is 11.2 Å². The van der Waals surface area contributed by atoms with Crippen molar-refractivity contribution in [1.29, 1.82) is 0 Å². The molecule has 5 rings (SSSR count). The maximum atomic E-state index is 14.6. The zero-order valence-electron chi connectivity index (χ0n) is 19.8. The predicted molar refractivity (Wildman–Crippen MR) is 124 cm³/mol. The van der Waals surface area contributed by atoms with Crippen LogP contribution in [-0.4, -0.2) is 81.3 Å². The van der Waals surface area contributed by atoms with Gasteiger partial charge in [0, 0.05) is 30.4 Å². The lowest BCUT2D eigenvalue weighted by Crippen LogP contribution is -2.45. The third-order valence-corrected chi connectivity index (χ3v) is 7.01. The van der Waals surface area contributed by atoms with E-state index in [0.29, 0.717) is 24.4 Å². The van der Waals surface area contributed by atoms with Gasteiger partial charge in [-0.2, -0.15) is 14.8 Å². The second-order valence-corrected chi connectivity index (χ2v) is 9.15. The summed E-state index contributed by atoms with van der Waals surface area (Å²) >= 11 is 0. The molecule has 0 aliphatic carbocycles. The minimum atomic E-state index is -0.666. The number of nitrogens with zero attached hydrogens (tertiary/aromatic N) is 6. The Morgan fingerprint density at radius 3 is 2.83 bits per heavy atom. The molecule has 0 saturated carbocycles. The Morgan fingerprint density at radius 2 is 2.06 bits per heavy atom. The predicted octanol–water partition coefficient (Wildman–Crippen LogP) is 3.86. The van der Waals surface area contributed by atoms with E-state index in [0.717, 1.165) is 56.4 Å². The molecular weight excluding hydrogens is 458 g/mol. The highest BCUT2D eigenvalue weighted by molar-refractivity contribution is 5.83. The van der Waals surface area contributed by atoms with Crippen LogP contribution >= 0.6 is 0 Å². The number of aryl methyl sites for hydroxylation is 1. The molecule has 9 nitrogen and oxygen atoms in total. The van der Waals surface area contributed by atoms with Gasteiger partial charge in [0.25, 0.3) is 5.95 Å². The fourth-order valence-corrected chi connectivity index (χ4v) is 5.21. The van der Waals surface area contributed by atoms with Crippen molar-refractivity contribution in [2.24, 2.45) is 0 Å². The number of aromatic nitrogens is 4. The zero-order chi connectivity index (χ0) is 24.4. The van der Waals surface area contributed by atoms with Gasteiger partial charge >= 0.3 is 6.09 Å². The van der Waals surface area contributed by atoms with E-state index in [1.807, 2.05) is 13.0 Å². The maximum Gasteiger partial charge on any atom is 0.410 e. The lowest BCUT2D eigenvalue weighted by atomic mass is 9.96. The van der Waals surface area contributed by atoms with Gasteiger partial charge < -0.3 is 19.1 Å². The Kier molecular flexibility index (Phi) is 6.94. The van der Waals surface area contributed by atoms with Gasteiger partial charge in [-0.05, 0) is 56.4 Å². The molecule has 3 aromatic rings. The Labute approximate surface area is 202 Å². The summed E-state index contributed by atoms with van der Waals surface area (Å²) in [6.07, 6.45) is 3.78. The quantitative estimate of drug-likeness (QED) is 0.499. The number of hydrogen-bond donors (Lipinski definition) is 0. The fraction of sp³-hybridized carbons (Fsp3) is 0.583. The second-order valence-electron chi connectivity index (χ2n) is 9.15. The van der Waals surface area contributed by atoms with Crippen LogP contribution in [0, 0.1) is 5.82 Å². The summed E-state index contributed by atoms with van der Waals surface area (Å²) in [5.41, 5.74) is 1.14. The van der Waals surface area contributed by atoms with E-state index in [1.54, 1.807) is 11.0 Å². The number of hydrogen-bond acceptors (Lipinski definition) is 7. The highest BCUT2D eigenvalue weighted by Gasteiger charge is 2.33. The summed E-state index contributed by atoms with van der Waals surface area (Å²) in [5.74, 6) is 0.517. The van der Waals surface area contributed by atoms with Gasteiger partial charge in [0.05, 0.1) is 5.69 Å². The van der Waals surface area contributed by atoms with E-state index in [1.165, 1.54) is 10.7 Å². The number of carbonyl (C=O) groups is 1. The van der Waals surface area contributed by atoms with E-state index in [4.69, 9.17) is 9.26 Å². The van der Waals surface area contributed by atoms with Crippen molar-refractivity contribution in [3.63, 3.8) is 0 Å². The lowest BCUT2D eigenvalue weighted by molar-refractivity contribution is 0.0807. The van der Waals surface area contributed by atoms with Crippen LogP contribution in [0.5, 0.6) is 0 Å². The number of piperidine rings is 1. The molecule has 2 aliphatic rings. The highest BCUT2D eigenvalue weighted by Crippen LogP contribution is 2.30. The molecule has 0 unspecified atom stereocenters. The molecular formula is C24H30F2N6O3. The topological polar surface area (TPSA) is 89.5 Å². The van der Waals surface area contributed by atoms with Crippen LogP contribution in [0.1, 0.15) is 50.1 Å². The summed E-state index contributed by atoms with van der Waals surface area (Å²) in [5, 5.41) is 9.38. The van der Waals surface area contributed by atoms with Gasteiger partial charge in [-0.3, -0.25) is 0 Å². The average molecular weight is 489 g/mol. The molecule has 35 heavy (non-hydrogen) atoms. The number of rotatable bonds is 7. The number of halogens is 2. The van der Waals surface area contributed by atoms with Crippen LogP contribution in [0.15, 0.2) is 22.7 Å². The lowest BCUT2D eigenvalue weighted by Gasteiger charge is -2.34. The molecule has 0 bridgehead atoms. The third-order valence-electron chi connectivity index (χ3n) is 7.01. The normalized spacial score (nSPS) is 19.6. The van der Waals surface area contributed by atoms with Crippen molar-refractivity contribution >= 4 is 17.0 Å². The van der Waals surface area contributed by atoms with Crippen LogP contribution in [0.3, 0.4) is 0 Å². The number of likely N-dealkylation sites (tertiary alicyclic amines) is 2. The van der Waals surface area contributed by atoms with E-state index >= 15 is 0 Å². The maximum absolute atomic E-state index is 14.6. The molecule has 0 N–H and O–H groups in total. The highest BCUT2D eigenvalue weighted by atomic mass is 19.1. The first-order valence-electron chi connectivity index (χ1n) is 12.3. The van der Waals surface area contributed by atoms with Gasteiger partial charge in [0.1, 0.15) is 24.6 Å². The van der Waals surface area contributed by atoms with Gasteiger partial charge in [0.2, 0.25) is 5.89 Å². The van der Waals surface area contributed by atoms with Gasteiger partial charge in [0.15, 0.2) is 0 Å². The largest absolute Gasteiger partial charge is 0.447 e. The molecule has 188 valence electrons. The summed E-state index contributed by atoms with van der Waals surface area (Å²) in [4.78, 5) is 20.8. The molecule has 1 amide bonds. The first-order valence-corrected chi connectivity index (χ1v) is 12.3. The summed E-state index contributed by atoms with van der Waals surface area (Å²) in [6, 6.07) is 5.02. The minimum Gasteiger partial charge on any atom is -0.447 e. The molecule has 1 aromatic carbocycles. The number of amides is 1. The summed E-state index contributed by atoms with van der Waals surface area (Å²) in [7, 11) is 0. The molecule has 0 radical (unpaired) electrons. The van der Waals surface area contributed by atoms with Gasteiger partial charge in [-0.1, -0.05) is 19.1 Å². The van der Waals surface area contributed by atoms with Crippen LogP contribution in [0.2, 0.25) is 0 Å². The Hall–Kier alpha value is -3.08. The van der Waals surface area contributed by atoms with E-state index in [2.05, 4.69) is 20.1 Å². The van der Waals surface area contributed by atoms with Gasteiger partial charge in [-0.25, -0.2) is 13.6 Å². The number of alkyl halides is 1. The van der Waals surface area contributed by atoms with Crippen molar-refractivity contribution in [2.45, 2.75) is 51.0 Å². The molecule has 2 fully saturated rings. The third kappa shape index (κ3) is 4.73. The number of ether oxygens (including phenoxy) is 1. The first-order chi connectivity index (χ1) is 17.1.